The maximum absolute atomic E-state index is 12.8. The number of benzene rings is 1. The maximum atomic E-state index is 12.8. The van der Waals surface area contributed by atoms with Gasteiger partial charge in [0.2, 0.25) is 0 Å². The van der Waals surface area contributed by atoms with Crippen molar-refractivity contribution in [3.8, 4) is 5.75 Å². The summed E-state index contributed by atoms with van der Waals surface area (Å²) in [7, 11) is 0. The van der Waals surface area contributed by atoms with Crippen molar-refractivity contribution >= 4 is 11.9 Å². The van der Waals surface area contributed by atoms with E-state index in [9.17, 15) is 14.7 Å². The lowest BCUT2D eigenvalue weighted by molar-refractivity contribution is 0.0687. The van der Waals surface area contributed by atoms with Crippen molar-refractivity contribution in [2.45, 2.75) is 39.2 Å². The second-order valence-electron chi connectivity index (χ2n) is 6.79. The van der Waals surface area contributed by atoms with Crippen LogP contribution in [0.5, 0.6) is 5.75 Å². The van der Waals surface area contributed by atoms with Crippen molar-refractivity contribution in [1.29, 1.82) is 0 Å². The number of carboxylic acid groups (broad SMARTS) is 1. The van der Waals surface area contributed by atoms with Crippen molar-refractivity contribution in [3.63, 3.8) is 0 Å². The molecule has 0 bridgehead atoms. The highest BCUT2D eigenvalue weighted by Gasteiger charge is 2.27. The molecule has 0 radical (unpaired) electrons. The molecule has 3 rings (SSSR count). The standard InChI is InChI=1S/C20H25N3O4/c1-3-11-27-17-6-4-5-15(12-17)19(24)22-9-7-16(8-10-22)23-14(2)18(13-21-23)20(25)26/h4-6,12-13,16H,3,7-11H2,1-2H3,(H,25,26). The number of ether oxygens (including phenoxy) is 1. The topological polar surface area (TPSA) is 84.7 Å². The smallest absolute Gasteiger partial charge is 0.339 e. The monoisotopic (exact) mass is 371 g/mol. The molecule has 144 valence electrons. The molecule has 1 aliphatic heterocycles. The molecule has 1 aromatic heterocycles. The summed E-state index contributed by atoms with van der Waals surface area (Å²) >= 11 is 0. The molecule has 1 amide bonds. The van der Waals surface area contributed by atoms with Crippen molar-refractivity contribution in [3.05, 3.63) is 47.3 Å². The molecular weight excluding hydrogens is 346 g/mol. The normalized spacial score (nSPS) is 15.0. The average molecular weight is 371 g/mol. The Morgan fingerprint density at radius 2 is 2.04 bits per heavy atom. The zero-order valence-corrected chi connectivity index (χ0v) is 15.7. The minimum Gasteiger partial charge on any atom is -0.494 e. The highest BCUT2D eigenvalue weighted by Crippen LogP contribution is 2.26. The lowest BCUT2D eigenvalue weighted by Gasteiger charge is -2.32. The Balaban J connectivity index is 1.64. The van der Waals surface area contributed by atoms with E-state index in [4.69, 9.17) is 4.74 Å². The number of piperidine rings is 1. The Morgan fingerprint density at radius 3 is 2.67 bits per heavy atom. The van der Waals surface area contributed by atoms with Gasteiger partial charge in [-0.15, -0.1) is 0 Å². The molecule has 7 heteroatoms. The average Bonchev–Trinajstić information content (AvgIpc) is 3.08. The van der Waals surface area contributed by atoms with Gasteiger partial charge in [0, 0.05) is 18.7 Å². The molecule has 27 heavy (non-hydrogen) atoms. The Labute approximate surface area is 158 Å². The first kappa shape index (κ1) is 18.9. The third-order valence-electron chi connectivity index (χ3n) is 4.93. The van der Waals surface area contributed by atoms with Crippen molar-refractivity contribution < 1.29 is 19.4 Å². The van der Waals surface area contributed by atoms with Crippen LogP contribution in [-0.2, 0) is 0 Å². The molecule has 2 aromatic rings. The second kappa shape index (κ2) is 8.24. The molecule has 0 saturated carbocycles. The van der Waals surface area contributed by atoms with Gasteiger partial charge in [-0.05, 0) is 44.4 Å². The van der Waals surface area contributed by atoms with Gasteiger partial charge in [0.05, 0.1) is 24.5 Å². The molecule has 0 atom stereocenters. The molecule has 0 aliphatic carbocycles. The van der Waals surface area contributed by atoms with Crippen LogP contribution < -0.4 is 4.74 Å². The fourth-order valence-corrected chi connectivity index (χ4v) is 3.44. The number of carbonyl (C=O) groups excluding carboxylic acids is 1. The number of aromatic carboxylic acids is 1. The van der Waals surface area contributed by atoms with E-state index in [-0.39, 0.29) is 17.5 Å². The predicted octanol–water partition coefficient (Wildman–Crippen LogP) is 3.16. The molecule has 1 N–H and O–H groups in total. The van der Waals surface area contributed by atoms with E-state index < -0.39 is 5.97 Å². The van der Waals surface area contributed by atoms with Crippen molar-refractivity contribution in [1.82, 2.24) is 14.7 Å². The molecule has 2 heterocycles. The Hall–Kier alpha value is -2.83. The number of aromatic nitrogens is 2. The first-order valence-corrected chi connectivity index (χ1v) is 9.30. The molecule has 0 unspecified atom stereocenters. The number of hydrogen-bond donors (Lipinski definition) is 1. The van der Waals surface area contributed by atoms with Crippen molar-refractivity contribution in [2.75, 3.05) is 19.7 Å². The Bertz CT molecular complexity index is 822. The van der Waals surface area contributed by atoms with Gasteiger partial charge in [0.25, 0.3) is 5.91 Å². The van der Waals surface area contributed by atoms with Crippen LogP contribution in [0.1, 0.15) is 58.6 Å². The SMILES string of the molecule is CCCOc1cccc(C(=O)N2CCC(n3ncc(C(=O)O)c3C)CC2)c1. The number of rotatable bonds is 6. The van der Waals surface area contributed by atoms with E-state index in [0.717, 1.165) is 19.3 Å². The number of nitrogens with zero attached hydrogens (tertiary/aromatic N) is 3. The number of likely N-dealkylation sites (tertiary alicyclic amines) is 1. The van der Waals surface area contributed by atoms with E-state index in [0.29, 0.717) is 36.7 Å². The van der Waals surface area contributed by atoms with Crippen LogP contribution in [-0.4, -0.2) is 51.4 Å². The predicted molar refractivity (Wildman–Crippen MR) is 100 cm³/mol. The summed E-state index contributed by atoms with van der Waals surface area (Å²) in [4.78, 5) is 25.8. The number of carboxylic acids is 1. The van der Waals surface area contributed by atoms with Gasteiger partial charge in [0.15, 0.2) is 0 Å². The van der Waals surface area contributed by atoms with Crippen LogP contribution >= 0.6 is 0 Å². The largest absolute Gasteiger partial charge is 0.494 e. The molecule has 1 aromatic carbocycles. The fraction of sp³-hybridized carbons (Fsp3) is 0.450. The summed E-state index contributed by atoms with van der Waals surface area (Å²) in [5.74, 6) is -0.249. The number of hydrogen-bond acceptors (Lipinski definition) is 4. The number of amides is 1. The van der Waals surface area contributed by atoms with Gasteiger partial charge in [0.1, 0.15) is 11.3 Å². The Morgan fingerprint density at radius 1 is 1.30 bits per heavy atom. The lowest BCUT2D eigenvalue weighted by Crippen LogP contribution is -2.39. The summed E-state index contributed by atoms with van der Waals surface area (Å²) in [6, 6.07) is 7.41. The van der Waals surface area contributed by atoms with E-state index in [1.165, 1.54) is 6.20 Å². The third-order valence-corrected chi connectivity index (χ3v) is 4.93. The third kappa shape index (κ3) is 4.13. The van der Waals surface area contributed by atoms with E-state index in [1.54, 1.807) is 17.7 Å². The van der Waals surface area contributed by atoms with Crippen LogP contribution in [0.3, 0.4) is 0 Å². The summed E-state index contributed by atoms with van der Waals surface area (Å²) in [6.45, 7) is 5.68. The van der Waals surface area contributed by atoms with Gasteiger partial charge >= 0.3 is 5.97 Å². The first-order chi connectivity index (χ1) is 13.0. The molecule has 0 spiro atoms. The molecule has 1 saturated heterocycles. The van der Waals surface area contributed by atoms with E-state index >= 15 is 0 Å². The van der Waals surface area contributed by atoms with E-state index in [2.05, 4.69) is 5.10 Å². The van der Waals surface area contributed by atoms with Crippen molar-refractivity contribution in [2.24, 2.45) is 0 Å². The van der Waals surface area contributed by atoms with Gasteiger partial charge in [-0.25, -0.2) is 4.79 Å². The minimum atomic E-state index is -0.962. The second-order valence-corrected chi connectivity index (χ2v) is 6.79. The van der Waals surface area contributed by atoms with E-state index in [1.807, 2.05) is 30.0 Å². The van der Waals surface area contributed by atoms with Crippen LogP contribution in [0.4, 0.5) is 0 Å². The highest BCUT2D eigenvalue weighted by molar-refractivity contribution is 5.94. The summed E-state index contributed by atoms with van der Waals surface area (Å²) < 4.78 is 7.39. The first-order valence-electron chi connectivity index (χ1n) is 9.30. The number of carbonyl (C=O) groups is 2. The zero-order chi connectivity index (χ0) is 19.4. The Kier molecular flexibility index (Phi) is 5.78. The van der Waals surface area contributed by atoms with Crippen LogP contribution in [0, 0.1) is 6.92 Å². The molecule has 1 aliphatic rings. The summed E-state index contributed by atoms with van der Waals surface area (Å²) in [6.07, 6.45) is 3.82. The maximum Gasteiger partial charge on any atom is 0.339 e. The van der Waals surface area contributed by atoms with Gasteiger partial charge in [-0.2, -0.15) is 5.10 Å². The summed E-state index contributed by atoms with van der Waals surface area (Å²) in [5, 5.41) is 13.4. The molecule has 1 fully saturated rings. The zero-order valence-electron chi connectivity index (χ0n) is 15.7. The van der Waals surface area contributed by atoms with Crippen LogP contribution in [0.25, 0.3) is 0 Å². The highest BCUT2D eigenvalue weighted by atomic mass is 16.5. The molecular formula is C20H25N3O4. The van der Waals surface area contributed by atoms with Gasteiger partial charge < -0.3 is 14.7 Å². The van der Waals surface area contributed by atoms with Crippen LogP contribution in [0.2, 0.25) is 0 Å². The fourth-order valence-electron chi connectivity index (χ4n) is 3.44. The summed E-state index contributed by atoms with van der Waals surface area (Å²) in [5.41, 5.74) is 1.52. The quantitative estimate of drug-likeness (QED) is 0.843. The molecule has 7 nitrogen and oxygen atoms in total. The van der Waals surface area contributed by atoms with Gasteiger partial charge in [-0.3, -0.25) is 9.48 Å². The van der Waals surface area contributed by atoms with Gasteiger partial charge in [-0.1, -0.05) is 13.0 Å². The van der Waals surface area contributed by atoms with Crippen LogP contribution in [0.15, 0.2) is 30.5 Å². The minimum absolute atomic E-state index is 0.00110. The lowest BCUT2D eigenvalue weighted by atomic mass is 10.0.